The second-order valence-electron chi connectivity index (χ2n) is 6.95. The molecule has 0 radical (unpaired) electrons. The van der Waals surface area contributed by atoms with E-state index < -0.39 is 22.1 Å². The second-order valence-corrected chi connectivity index (χ2v) is 8.89. The Bertz CT molecular complexity index is 789. The van der Waals surface area contributed by atoms with E-state index in [0.717, 1.165) is 5.56 Å². The maximum absolute atomic E-state index is 12.8. The summed E-state index contributed by atoms with van der Waals surface area (Å²) in [5.74, 6) is -0.430. The predicted octanol–water partition coefficient (Wildman–Crippen LogP) is 0.351. The van der Waals surface area contributed by atoms with Crippen molar-refractivity contribution in [3.63, 3.8) is 0 Å². The highest BCUT2D eigenvalue weighted by atomic mass is 32.2. The van der Waals surface area contributed by atoms with Crippen LogP contribution in [-0.2, 0) is 19.6 Å². The van der Waals surface area contributed by atoms with Gasteiger partial charge in [-0.3, -0.25) is 9.59 Å². The Balaban J connectivity index is 1.82. The third kappa shape index (κ3) is 3.16. The minimum absolute atomic E-state index is 0.00767. The van der Waals surface area contributed by atoms with E-state index in [4.69, 9.17) is 0 Å². The number of carbonyl (C=O) groups is 2. The summed E-state index contributed by atoms with van der Waals surface area (Å²) >= 11 is 0. The second kappa shape index (κ2) is 6.42. The molecule has 0 aliphatic carbocycles. The summed E-state index contributed by atoms with van der Waals surface area (Å²) in [6, 6.07) is 5.32. The van der Waals surface area contributed by atoms with Crippen molar-refractivity contribution in [2.45, 2.75) is 37.8 Å². The molecule has 0 spiro atoms. The van der Waals surface area contributed by atoms with Gasteiger partial charge in [0.15, 0.2) is 0 Å². The Morgan fingerprint density at radius 3 is 2.36 bits per heavy atom. The highest BCUT2D eigenvalue weighted by molar-refractivity contribution is 7.89. The lowest BCUT2D eigenvalue weighted by Crippen LogP contribution is -2.70. The van der Waals surface area contributed by atoms with E-state index in [1.807, 2.05) is 20.8 Å². The summed E-state index contributed by atoms with van der Waals surface area (Å²) < 4.78 is 26.9. The smallest absolute Gasteiger partial charge is 0.246 e. The van der Waals surface area contributed by atoms with E-state index in [0.29, 0.717) is 0 Å². The minimum atomic E-state index is -3.68. The summed E-state index contributed by atoms with van der Waals surface area (Å²) in [6.07, 6.45) is 0. The van der Waals surface area contributed by atoms with E-state index in [1.165, 1.54) is 9.21 Å². The van der Waals surface area contributed by atoms with Crippen LogP contribution in [0.4, 0.5) is 0 Å². The summed E-state index contributed by atoms with van der Waals surface area (Å²) in [5, 5.41) is 2.73. The van der Waals surface area contributed by atoms with Crippen LogP contribution in [0.3, 0.4) is 0 Å². The van der Waals surface area contributed by atoms with Gasteiger partial charge in [0, 0.05) is 19.6 Å². The average molecular weight is 365 g/mol. The number of nitrogens with zero attached hydrogens (tertiary/aromatic N) is 2. The van der Waals surface area contributed by atoms with Crippen LogP contribution in [0.2, 0.25) is 0 Å². The van der Waals surface area contributed by atoms with E-state index >= 15 is 0 Å². The van der Waals surface area contributed by atoms with Crippen molar-refractivity contribution in [1.29, 1.82) is 0 Å². The highest BCUT2D eigenvalue weighted by Crippen LogP contribution is 2.24. The molecule has 2 heterocycles. The maximum atomic E-state index is 12.8. The summed E-state index contributed by atoms with van der Waals surface area (Å²) in [5.41, 5.74) is 0.973. The first-order valence-electron chi connectivity index (χ1n) is 8.39. The maximum Gasteiger partial charge on any atom is 0.246 e. The molecule has 0 aromatic heterocycles. The van der Waals surface area contributed by atoms with Crippen LogP contribution in [0.5, 0.6) is 0 Å². The lowest BCUT2D eigenvalue weighted by atomic mass is 9.97. The number of hydrogen-bond acceptors (Lipinski definition) is 4. The standard InChI is InChI=1S/C17H23N3O4S/c1-11(2)15-17(22)20-9-8-19(10-14(20)16(21)18-15)25(23,24)13-6-4-12(3)5-7-13/h4-7,11,14-15H,8-10H2,1-3H3,(H,18,21)/t14-,15-/m1/s1. The molecular formula is C17H23N3O4S. The highest BCUT2D eigenvalue weighted by Gasteiger charge is 2.46. The number of rotatable bonds is 3. The van der Waals surface area contributed by atoms with Crippen molar-refractivity contribution in [2.75, 3.05) is 19.6 Å². The first-order chi connectivity index (χ1) is 11.7. The number of aryl methyl sites for hydroxylation is 1. The van der Waals surface area contributed by atoms with Crippen molar-refractivity contribution in [2.24, 2.45) is 5.92 Å². The van der Waals surface area contributed by atoms with E-state index in [-0.39, 0.29) is 42.3 Å². The Hall–Kier alpha value is -1.93. The molecule has 1 aromatic carbocycles. The van der Waals surface area contributed by atoms with Crippen LogP contribution < -0.4 is 5.32 Å². The van der Waals surface area contributed by atoms with Crippen LogP contribution in [0.1, 0.15) is 19.4 Å². The van der Waals surface area contributed by atoms with Gasteiger partial charge in [-0.2, -0.15) is 4.31 Å². The van der Waals surface area contributed by atoms with Crippen LogP contribution in [0.15, 0.2) is 29.2 Å². The normalized spacial score (nSPS) is 25.0. The van der Waals surface area contributed by atoms with Gasteiger partial charge in [0.1, 0.15) is 12.1 Å². The molecule has 2 amide bonds. The number of benzene rings is 1. The van der Waals surface area contributed by atoms with Gasteiger partial charge in [0.25, 0.3) is 0 Å². The molecule has 2 saturated heterocycles. The molecule has 1 aromatic rings. The first kappa shape index (κ1) is 17.9. The molecule has 8 heteroatoms. The molecule has 136 valence electrons. The van der Waals surface area contributed by atoms with Gasteiger partial charge in [-0.05, 0) is 25.0 Å². The van der Waals surface area contributed by atoms with Crippen LogP contribution in [0.25, 0.3) is 0 Å². The number of fused-ring (bicyclic) bond motifs is 1. The zero-order valence-corrected chi connectivity index (χ0v) is 15.4. The van der Waals surface area contributed by atoms with Gasteiger partial charge in [-0.15, -0.1) is 0 Å². The largest absolute Gasteiger partial charge is 0.342 e. The molecule has 0 saturated carbocycles. The fourth-order valence-electron chi connectivity index (χ4n) is 3.27. The Kier molecular flexibility index (Phi) is 4.59. The molecule has 2 aliphatic heterocycles. The lowest BCUT2D eigenvalue weighted by Gasteiger charge is -2.45. The summed E-state index contributed by atoms with van der Waals surface area (Å²) in [4.78, 5) is 26.7. The number of piperazine rings is 2. The predicted molar refractivity (Wildman–Crippen MR) is 92.2 cm³/mol. The Morgan fingerprint density at radius 1 is 1.12 bits per heavy atom. The molecule has 0 bridgehead atoms. The topological polar surface area (TPSA) is 86.8 Å². The molecule has 7 nitrogen and oxygen atoms in total. The third-order valence-corrected chi connectivity index (χ3v) is 6.70. The van der Waals surface area contributed by atoms with Crippen molar-refractivity contribution in [3.05, 3.63) is 29.8 Å². The van der Waals surface area contributed by atoms with Crippen LogP contribution in [0, 0.1) is 12.8 Å². The van der Waals surface area contributed by atoms with Gasteiger partial charge < -0.3 is 10.2 Å². The van der Waals surface area contributed by atoms with Gasteiger partial charge in [-0.1, -0.05) is 31.5 Å². The van der Waals surface area contributed by atoms with Crippen LogP contribution in [-0.4, -0.2) is 61.2 Å². The molecule has 3 rings (SSSR count). The molecule has 2 fully saturated rings. The van der Waals surface area contributed by atoms with Crippen LogP contribution >= 0.6 is 0 Å². The lowest BCUT2D eigenvalue weighted by molar-refractivity contribution is -0.152. The van der Waals surface area contributed by atoms with E-state index in [2.05, 4.69) is 5.32 Å². The molecular weight excluding hydrogens is 342 g/mol. The number of nitrogens with one attached hydrogen (secondary N) is 1. The number of sulfonamides is 1. The zero-order chi connectivity index (χ0) is 18.4. The minimum Gasteiger partial charge on any atom is -0.342 e. The third-order valence-electron chi connectivity index (χ3n) is 4.82. The van der Waals surface area contributed by atoms with E-state index in [9.17, 15) is 18.0 Å². The van der Waals surface area contributed by atoms with Gasteiger partial charge >= 0.3 is 0 Å². The summed E-state index contributed by atoms with van der Waals surface area (Å²) in [7, 11) is -3.68. The van der Waals surface area contributed by atoms with E-state index in [1.54, 1.807) is 24.3 Å². The number of hydrogen-bond donors (Lipinski definition) is 1. The van der Waals surface area contributed by atoms with Crippen molar-refractivity contribution in [1.82, 2.24) is 14.5 Å². The summed E-state index contributed by atoms with van der Waals surface area (Å²) in [6.45, 7) is 6.04. The van der Waals surface area contributed by atoms with Crippen molar-refractivity contribution >= 4 is 21.8 Å². The monoisotopic (exact) mass is 365 g/mol. The Labute approximate surface area is 148 Å². The fourth-order valence-corrected chi connectivity index (χ4v) is 4.70. The molecule has 2 atom stereocenters. The molecule has 2 aliphatic rings. The van der Waals surface area contributed by atoms with Gasteiger partial charge in [-0.25, -0.2) is 8.42 Å². The Morgan fingerprint density at radius 2 is 1.76 bits per heavy atom. The average Bonchev–Trinajstić information content (AvgIpc) is 2.57. The SMILES string of the molecule is Cc1ccc(S(=O)(=O)N2CCN3C(=O)[C@@H](C(C)C)NC(=O)[C@H]3C2)cc1. The van der Waals surface area contributed by atoms with Gasteiger partial charge in [0.05, 0.1) is 4.90 Å². The number of amides is 2. The zero-order valence-electron chi connectivity index (χ0n) is 14.6. The van der Waals surface area contributed by atoms with Gasteiger partial charge in [0.2, 0.25) is 21.8 Å². The fraction of sp³-hybridized carbons (Fsp3) is 0.529. The van der Waals surface area contributed by atoms with Crippen molar-refractivity contribution in [3.8, 4) is 0 Å². The quantitative estimate of drug-likeness (QED) is 0.837. The number of carbonyl (C=O) groups excluding carboxylic acids is 2. The first-order valence-corrected chi connectivity index (χ1v) is 9.83. The molecule has 1 N–H and O–H groups in total. The van der Waals surface area contributed by atoms with Crippen molar-refractivity contribution < 1.29 is 18.0 Å². The molecule has 25 heavy (non-hydrogen) atoms. The molecule has 0 unspecified atom stereocenters.